The Hall–Kier alpha value is -1.06. The second-order valence-electron chi connectivity index (χ2n) is 1.94. The van der Waals surface area contributed by atoms with Gasteiger partial charge >= 0.3 is 0 Å². The Kier molecular flexibility index (Phi) is 5.42. The first-order chi connectivity index (χ1) is 4.81. The summed E-state index contributed by atoms with van der Waals surface area (Å²) >= 11 is 0. The molecular weight excluding hydrogens is 128 g/mol. The smallest absolute Gasteiger partial charge is 0.236 e. The van der Waals surface area contributed by atoms with Crippen LogP contribution in [0.4, 0.5) is 0 Å². The third-order valence-electron chi connectivity index (χ3n) is 1.04. The first-order valence-electron chi connectivity index (χ1n) is 3.37. The molecule has 10 heavy (non-hydrogen) atoms. The number of rotatable bonds is 3. The van der Waals surface area contributed by atoms with Gasteiger partial charge in [0.1, 0.15) is 0 Å². The van der Waals surface area contributed by atoms with Gasteiger partial charge in [0.25, 0.3) is 0 Å². The summed E-state index contributed by atoms with van der Waals surface area (Å²) in [6.07, 6.45) is 4.95. The van der Waals surface area contributed by atoms with Gasteiger partial charge in [0, 0.05) is 6.21 Å². The van der Waals surface area contributed by atoms with Crippen molar-refractivity contribution in [3.8, 4) is 0 Å². The van der Waals surface area contributed by atoms with Crippen LogP contribution >= 0.6 is 0 Å². The second kappa shape index (κ2) is 6.07. The molecule has 0 unspecified atom stereocenters. The van der Waals surface area contributed by atoms with Gasteiger partial charge in [0.15, 0.2) is 0 Å². The Morgan fingerprint density at radius 2 is 2.30 bits per heavy atom. The molecule has 4 nitrogen and oxygen atoms in total. The van der Waals surface area contributed by atoms with E-state index in [1.54, 1.807) is 6.21 Å². The fraction of sp³-hybridized carbons (Fsp3) is 0.667. The van der Waals surface area contributed by atoms with E-state index in [0.29, 0.717) is 0 Å². The highest BCUT2D eigenvalue weighted by Gasteiger charge is 1.81. The number of hydrogen-bond acceptors (Lipinski definition) is 2. The Morgan fingerprint density at radius 1 is 1.60 bits per heavy atom. The molecular formula is C6H14N4. The third kappa shape index (κ3) is 5.08. The molecule has 0 saturated carbocycles. The molecule has 4 heteroatoms. The Bertz CT molecular complexity index is 128. The molecule has 0 aromatic rings. The Balaban J connectivity index is 3.37. The van der Waals surface area contributed by atoms with Gasteiger partial charge in [-0.15, -0.1) is 5.10 Å². The molecule has 0 aromatic carbocycles. The Morgan fingerprint density at radius 3 is 2.80 bits per heavy atom. The van der Waals surface area contributed by atoms with E-state index in [0.717, 1.165) is 19.3 Å². The van der Waals surface area contributed by atoms with Gasteiger partial charge in [0.05, 0.1) is 0 Å². The summed E-state index contributed by atoms with van der Waals surface area (Å²) in [5.41, 5.74) is 5.18. The maximum absolute atomic E-state index is 5.18. The highest BCUT2D eigenvalue weighted by atomic mass is 15.2. The highest BCUT2D eigenvalue weighted by Crippen LogP contribution is 1.89. The van der Waals surface area contributed by atoms with Crippen molar-refractivity contribution in [2.75, 3.05) is 0 Å². The number of hydrazone groups is 1. The zero-order chi connectivity index (χ0) is 7.82. The van der Waals surface area contributed by atoms with Crippen LogP contribution in [0, 0.1) is 0 Å². The van der Waals surface area contributed by atoms with Gasteiger partial charge in [-0.2, -0.15) is 0 Å². The first kappa shape index (κ1) is 8.94. The van der Waals surface area contributed by atoms with Crippen LogP contribution in [0.15, 0.2) is 10.1 Å². The van der Waals surface area contributed by atoms with Crippen LogP contribution < -0.4 is 11.6 Å². The van der Waals surface area contributed by atoms with Crippen LogP contribution in [-0.2, 0) is 0 Å². The lowest BCUT2D eigenvalue weighted by atomic mass is 10.3. The fourth-order valence-corrected chi connectivity index (χ4v) is 0.487. The first-order valence-corrected chi connectivity index (χ1v) is 3.37. The minimum absolute atomic E-state index is 0.135. The van der Waals surface area contributed by atoms with E-state index in [9.17, 15) is 0 Å². The monoisotopic (exact) mass is 142 g/mol. The van der Waals surface area contributed by atoms with Crippen LogP contribution in [0.25, 0.3) is 0 Å². The van der Waals surface area contributed by atoms with Crippen molar-refractivity contribution in [3.63, 3.8) is 0 Å². The minimum Gasteiger partial charge on any atom is -0.367 e. The van der Waals surface area contributed by atoms with E-state index in [-0.39, 0.29) is 5.96 Å². The predicted molar refractivity (Wildman–Crippen MR) is 43.8 cm³/mol. The van der Waals surface area contributed by atoms with E-state index < -0.39 is 0 Å². The van der Waals surface area contributed by atoms with E-state index >= 15 is 0 Å². The third-order valence-corrected chi connectivity index (χ3v) is 1.04. The summed E-state index contributed by atoms with van der Waals surface area (Å²) in [5.74, 6) is 4.97. The average molecular weight is 142 g/mol. The fourth-order valence-electron chi connectivity index (χ4n) is 0.487. The zero-order valence-electron chi connectivity index (χ0n) is 6.25. The molecule has 0 bridgehead atoms. The van der Waals surface area contributed by atoms with Gasteiger partial charge in [-0.1, -0.05) is 13.3 Å². The van der Waals surface area contributed by atoms with Crippen molar-refractivity contribution in [2.45, 2.75) is 26.2 Å². The van der Waals surface area contributed by atoms with Gasteiger partial charge in [-0.3, -0.25) is 0 Å². The molecule has 4 N–H and O–H groups in total. The average Bonchev–Trinajstić information content (AvgIpc) is 1.98. The summed E-state index contributed by atoms with van der Waals surface area (Å²) in [6, 6.07) is 0. The summed E-state index contributed by atoms with van der Waals surface area (Å²) in [4.78, 5) is 3.76. The van der Waals surface area contributed by atoms with Gasteiger partial charge in [0.2, 0.25) is 5.96 Å². The van der Waals surface area contributed by atoms with Crippen LogP contribution in [0.1, 0.15) is 26.2 Å². The molecule has 0 heterocycles. The van der Waals surface area contributed by atoms with E-state index in [1.807, 2.05) is 0 Å². The number of nitrogens with zero attached hydrogens (tertiary/aromatic N) is 2. The number of guanidine groups is 1. The predicted octanol–water partition coefficient (Wildman–Crippen LogP) is 0.436. The standard InChI is InChI=1S/C6H14N4/c1-2-3-4-5-9-6(7)10-8/h5H,2-4,8H2,1H3,(H2,7,10)/b9-5+. The largest absolute Gasteiger partial charge is 0.367 e. The van der Waals surface area contributed by atoms with Crippen LogP contribution in [0.5, 0.6) is 0 Å². The van der Waals surface area contributed by atoms with Crippen LogP contribution in [0.2, 0.25) is 0 Å². The topological polar surface area (TPSA) is 76.8 Å². The lowest BCUT2D eigenvalue weighted by Crippen LogP contribution is -2.10. The van der Waals surface area contributed by atoms with Gasteiger partial charge in [-0.25, -0.2) is 4.99 Å². The van der Waals surface area contributed by atoms with E-state index in [2.05, 4.69) is 17.0 Å². The van der Waals surface area contributed by atoms with Gasteiger partial charge < -0.3 is 11.6 Å². The number of aliphatic imine (C=N–C) groups is 1. The molecule has 0 aromatic heterocycles. The molecule has 0 rings (SSSR count). The Labute approximate surface area is 61.0 Å². The summed E-state index contributed by atoms with van der Waals surface area (Å²) in [5, 5.41) is 3.18. The highest BCUT2D eigenvalue weighted by molar-refractivity contribution is 5.85. The molecule has 0 fully saturated rings. The van der Waals surface area contributed by atoms with Gasteiger partial charge in [-0.05, 0) is 12.8 Å². The summed E-state index contributed by atoms with van der Waals surface area (Å²) in [6.45, 7) is 2.12. The maximum atomic E-state index is 5.18. The zero-order valence-corrected chi connectivity index (χ0v) is 6.25. The van der Waals surface area contributed by atoms with Crippen molar-refractivity contribution in [2.24, 2.45) is 21.7 Å². The molecule has 58 valence electrons. The normalized spacial score (nSPS) is 12.7. The van der Waals surface area contributed by atoms with Crippen molar-refractivity contribution >= 4 is 12.2 Å². The van der Waals surface area contributed by atoms with Crippen molar-refractivity contribution in [3.05, 3.63) is 0 Å². The van der Waals surface area contributed by atoms with Crippen molar-refractivity contribution in [1.29, 1.82) is 0 Å². The molecule has 0 spiro atoms. The molecule has 0 atom stereocenters. The van der Waals surface area contributed by atoms with Crippen LogP contribution in [-0.4, -0.2) is 12.2 Å². The minimum atomic E-state index is 0.135. The number of hydrogen-bond donors (Lipinski definition) is 2. The SMILES string of the molecule is CCCC/C=N/C(N)=N/N. The van der Waals surface area contributed by atoms with Crippen LogP contribution in [0.3, 0.4) is 0 Å². The van der Waals surface area contributed by atoms with E-state index in [4.69, 9.17) is 11.6 Å². The number of unbranched alkanes of at least 4 members (excludes halogenated alkanes) is 2. The molecule has 0 radical (unpaired) electrons. The molecule has 0 aliphatic carbocycles. The summed E-state index contributed by atoms with van der Waals surface area (Å²) < 4.78 is 0. The van der Waals surface area contributed by atoms with Crippen molar-refractivity contribution in [1.82, 2.24) is 0 Å². The molecule has 0 amide bonds. The molecule has 0 aliphatic heterocycles. The maximum Gasteiger partial charge on any atom is 0.236 e. The van der Waals surface area contributed by atoms with E-state index in [1.165, 1.54) is 0 Å². The lowest BCUT2D eigenvalue weighted by molar-refractivity contribution is 0.843. The molecule has 0 saturated heterocycles. The quantitative estimate of drug-likeness (QED) is 0.197. The lowest BCUT2D eigenvalue weighted by Gasteiger charge is -1.88. The molecule has 0 aliphatic rings. The summed E-state index contributed by atoms with van der Waals surface area (Å²) in [7, 11) is 0. The van der Waals surface area contributed by atoms with Crippen molar-refractivity contribution < 1.29 is 0 Å². The number of nitrogens with two attached hydrogens (primary N) is 2. The second-order valence-corrected chi connectivity index (χ2v) is 1.94.